The van der Waals surface area contributed by atoms with E-state index in [2.05, 4.69) is 24.9 Å². The lowest BCUT2D eigenvalue weighted by Crippen LogP contribution is -1.99. The average Bonchev–Trinajstić information content (AvgIpc) is 2.35. The van der Waals surface area contributed by atoms with Gasteiger partial charge in [0, 0.05) is 18.8 Å². The Hall–Kier alpha value is -1.87. The van der Waals surface area contributed by atoms with Gasteiger partial charge in [-0.1, -0.05) is 12.1 Å². The van der Waals surface area contributed by atoms with E-state index >= 15 is 0 Å². The molecule has 2 N–H and O–H groups in total. The van der Waals surface area contributed by atoms with Crippen molar-refractivity contribution in [3.63, 3.8) is 0 Å². The van der Waals surface area contributed by atoms with Crippen LogP contribution in [0.3, 0.4) is 0 Å². The van der Waals surface area contributed by atoms with Gasteiger partial charge in [0.2, 0.25) is 0 Å². The first kappa shape index (κ1) is 11.6. The van der Waals surface area contributed by atoms with Crippen LogP contribution in [0.2, 0.25) is 0 Å². The minimum absolute atomic E-state index is 0.421. The first-order valence-corrected chi connectivity index (χ1v) is 5.60. The molecule has 0 saturated carbocycles. The van der Waals surface area contributed by atoms with Gasteiger partial charge in [-0.2, -0.15) is 0 Å². The summed E-state index contributed by atoms with van der Waals surface area (Å²) in [6, 6.07) is 9.72. The molecule has 0 aliphatic rings. The van der Waals surface area contributed by atoms with Gasteiger partial charge >= 0.3 is 0 Å². The van der Waals surface area contributed by atoms with E-state index in [4.69, 9.17) is 10.5 Å². The molecule has 2 rings (SSSR count). The number of ether oxygens (including phenoxy) is 1. The molecule has 0 unspecified atom stereocenters. The molecular weight excluding hydrogens is 212 g/mol. The van der Waals surface area contributed by atoms with Gasteiger partial charge in [0.25, 0.3) is 0 Å². The summed E-state index contributed by atoms with van der Waals surface area (Å²) in [5, 5.41) is 0. The lowest BCUT2D eigenvalue weighted by molar-refractivity contribution is 0.476. The molecular formula is C14H16N2O. The number of aryl methyl sites for hydroxylation is 1. The molecule has 3 heteroatoms. The molecule has 0 saturated heterocycles. The van der Waals surface area contributed by atoms with Gasteiger partial charge < -0.3 is 10.5 Å². The second-order valence-electron chi connectivity index (χ2n) is 3.99. The summed E-state index contributed by atoms with van der Waals surface area (Å²) >= 11 is 0. The van der Waals surface area contributed by atoms with Crippen molar-refractivity contribution in [3.05, 3.63) is 53.3 Å². The van der Waals surface area contributed by atoms with Gasteiger partial charge in [-0.25, -0.2) is 0 Å². The predicted molar refractivity (Wildman–Crippen MR) is 68.1 cm³/mol. The number of hydrogen-bond acceptors (Lipinski definition) is 3. The standard InChI is InChI=1S/C14H16N2O/c1-10-4-3-5-14(11(10)2)17-13-6-7-16-12(8-13)9-15/h3-8H,9,15H2,1-2H3. The topological polar surface area (TPSA) is 48.1 Å². The van der Waals surface area contributed by atoms with Crippen molar-refractivity contribution in [3.8, 4) is 11.5 Å². The maximum atomic E-state index is 5.84. The zero-order valence-corrected chi connectivity index (χ0v) is 10.1. The highest BCUT2D eigenvalue weighted by Crippen LogP contribution is 2.26. The van der Waals surface area contributed by atoms with Crippen LogP contribution < -0.4 is 10.5 Å². The quantitative estimate of drug-likeness (QED) is 0.878. The molecule has 1 heterocycles. The molecule has 0 aliphatic carbocycles. The number of nitrogens with zero attached hydrogens (tertiary/aromatic N) is 1. The summed E-state index contributed by atoms with van der Waals surface area (Å²) in [6.07, 6.45) is 1.71. The van der Waals surface area contributed by atoms with Gasteiger partial charge in [0.05, 0.1) is 5.69 Å². The Bertz CT molecular complexity index is 523. The fourth-order valence-electron chi connectivity index (χ4n) is 1.59. The zero-order chi connectivity index (χ0) is 12.3. The molecule has 0 atom stereocenters. The molecule has 0 aliphatic heterocycles. The van der Waals surface area contributed by atoms with Crippen molar-refractivity contribution in [2.75, 3.05) is 0 Å². The Labute approximate surface area is 101 Å². The third kappa shape index (κ3) is 2.63. The number of nitrogens with two attached hydrogens (primary N) is 1. The van der Waals surface area contributed by atoms with E-state index in [0.29, 0.717) is 6.54 Å². The Morgan fingerprint density at radius 1 is 1.24 bits per heavy atom. The second kappa shape index (κ2) is 4.97. The van der Waals surface area contributed by atoms with Crippen molar-refractivity contribution in [1.82, 2.24) is 4.98 Å². The predicted octanol–water partition coefficient (Wildman–Crippen LogP) is 2.95. The van der Waals surface area contributed by atoms with Crippen molar-refractivity contribution in [2.24, 2.45) is 5.73 Å². The summed E-state index contributed by atoms with van der Waals surface area (Å²) in [4.78, 5) is 4.13. The van der Waals surface area contributed by atoms with Crippen LogP contribution in [0.15, 0.2) is 36.5 Å². The third-order valence-corrected chi connectivity index (χ3v) is 2.78. The van der Waals surface area contributed by atoms with Crippen LogP contribution in [0.1, 0.15) is 16.8 Å². The fraction of sp³-hybridized carbons (Fsp3) is 0.214. The molecule has 0 spiro atoms. The van der Waals surface area contributed by atoms with E-state index < -0.39 is 0 Å². The van der Waals surface area contributed by atoms with Crippen LogP contribution in [0.5, 0.6) is 11.5 Å². The highest BCUT2D eigenvalue weighted by atomic mass is 16.5. The lowest BCUT2D eigenvalue weighted by atomic mass is 10.1. The van der Waals surface area contributed by atoms with E-state index in [1.165, 1.54) is 5.56 Å². The maximum absolute atomic E-state index is 5.84. The number of aromatic nitrogens is 1. The highest BCUT2D eigenvalue weighted by molar-refractivity contribution is 5.41. The molecule has 2 aromatic rings. The smallest absolute Gasteiger partial charge is 0.130 e. The first-order valence-electron chi connectivity index (χ1n) is 5.60. The van der Waals surface area contributed by atoms with Crippen LogP contribution in [-0.2, 0) is 6.54 Å². The summed E-state index contributed by atoms with van der Waals surface area (Å²) < 4.78 is 5.84. The van der Waals surface area contributed by atoms with Crippen molar-refractivity contribution in [2.45, 2.75) is 20.4 Å². The SMILES string of the molecule is Cc1cccc(Oc2ccnc(CN)c2)c1C. The Kier molecular flexibility index (Phi) is 3.40. The Balaban J connectivity index is 2.28. The van der Waals surface area contributed by atoms with Crippen molar-refractivity contribution in [1.29, 1.82) is 0 Å². The minimum Gasteiger partial charge on any atom is -0.457 e. The van der Waals surface area contributed by atoms with E-state index in [1.54, 1.807) is 6.20 Å². The van der Waals surface area contributed by atoms with Gasteiger partial charge in [-0.05, 0) is 37.1 Å². The monoisotopic (exact) mass is 228 g/mol. The van der Waals surface area contributed by atoms with Crippen LogP contribution >= 0.6 is 0 Å². The van der Waals surface area contributed by atoms with Crippen LogP contribution in [-0.4, -0.2) is 4.98 Å². The maximum Gasteiger partial charge on any atom is 0.130 e. The molecule has 0 amide bonds. The van der Waals surface area contributed by atoms with E-state index in [-0.39, 0.29) is 0 Å². The van der Waals surface area contributed by atoms with Crippen molar-refractivity contribution >= 4 is 0 Å². The van der Waals surface area contributed by atoms with E-state index in [0.717, 1.165) is 22.8 Å². The van der Waals surface area contributed by atoms with Crippen LogP contribution in [0.4, 0.5) is 0 Å². The largest absolute Gasteiger partial charge is 0.457 e. The Morgan fingerprint density at radius 2 is 2.06 bits per heavy atom. The summed E-state index contributed by atoms with van der Waals surface area (Å²) in [6.45, 7) is 4.54. The first-order chi connectivity index (χ1) is 8.20. The lowest BCUT2D eigenvalue weighted by Gasteiger charge is -2.10. The normalized spacial score (nSPS) is 10.3. The molecule has 17 heavy (non-hydrogen) atoms. The molecule has 0 fully saturated rings. The average molecular weight is 228 g/mol. The molecule has 88 valence electrons. The number of hydrogen-bond donors (Lipinski definition) is 1. The van der Waals surface area contributed by atoms with Crippen LogP contribution in [0, 0.1) is 13.8 Å². The highest BCUT2D eigenvalue weighted by Gasteiger charge is 2.03. The molecule has 0 radical (unpaired) electrons. The molecule has 3 nitrogen and oxygen atoms in total. The second-order valence-corrected chi connectivity index (χ2v) is 3.99. The van der Waals surface area contributed by atoms with Crippen molar-refractivity contribution < 1.29 is 4.74 Å². The van der Waals surface area contributed by atoms with Gasteiger partial charge in [-0.15, -0.1) is 0 Å². The Morgan fingerprint density at radius 3 is 2.82 bits per heavy atom. The summed E-state index contributed by atoms with van der Waals surface area (Å²) in [5.41, 5.74) is 8.74. The molecule has 1 aromatic carbocycles. The molecule has 1 aromatic heterocycles. The third-order valence-electron chi connectivity index (χ3n) is 2.78. The molecule has 0 bridgehead atoms. The van der Waals surface area contributed by atoms with Gasteiger partial charge in [0.15, 0.2) is 0 Å². The van der Waals surface area contributed by atoms with Crippen LogP contribution in [0.25, 0.3) is 0 Å². The number of benzene rings is 1. The number of rotatable bonds is 3. The van der Waals surface area contributed by atoms with Gasteiger partial charge in [0.1, 0.15) is 11.5 Å². The summed E-state index contributed by atoms with van der Waals surface area (Å²) in [7, 11) is 0. The van der Waals surface area contributed by atoms with Gasteiger partial charge in [-0.3, -0.25) is 4.98 Å². The van der Waals surface area contributed by atoms with E-state index in [1.807, 2.05) is 24.3 Å². The minimum atomic E-state index is 0.421. The number of pyridine rings is 1. The summed E-state index contributed by atoms with van der Waals surface area (Å²) in [5.74, 6) is 1.65. The zero-order valence-electron chi connectivity index (χ0n) is 10.1. The van der Waals surface area contributed by atoms with E-state index in [9.17, 15) is 0 Å². The fourth-order valence-corrected chi connectivity index (χ4v) is 1.59.